The first-order valence-electron chi connectivity index (χ1n) is 6.07. The van der Waals surface area contributed by atoms with E-state index >= 15 is 0 Å². The molecule has 17 heavy (non-hydrogen) atoms. The SMILES string of the molecule is C=C(C)Cn1ccc2c(OCCC)cccc21. The molecule has 0 radical (unpaired) electrons. The summed E-state index contributed by atoms with van der Waals surface area (Å²) in [4.78, 5) is 0. The number of nitrogens with zero attached hydrogens (tertiary/aromatic N) is 1. The molecule has 0 amide bonds. The molecule has 90 valence electrons. The van der Waals surface area contributed by atoms with Gasteiger partial charge in [-0.3, -0.25) is 0 Å². The van der Waals surface area contributed by atoms with Crippen molar-refractivity contribution in [1.82, 2.24) is 4.57 Å². The van der Waals surface area contributed by atoms with E-state index in [1.807, 2.05) is 19.1 Å². The largest absolute Gasteiger partial charge is 0.493 e. The molecule has 0 saturated carbocycles. The number of allylic oxidation sites excluding steroid dienone is 1. The van der Waals surface area contributed by atoms with Gasteiger partial charge in [0.2, 0.25) is 0 Å². The maximum atomic E-state index is 5.75. The van der Waals surface area contributed by atoms with Crippen molar-refractivity contribution in [2.45, 2.75) is 26.8 Å². The Bertz CT molecular complexity index is 525. The molecule has 1 heterocycles. The van der Waals surface area contributed by atoms with Gasteiger partial charge < -0.3 is 9.30 Å². The second kappa shape index (κ2) is 5.09. The van der Waals surface area contributed by atoms with E-state index in [0.29, 0.717) is 0 Å². The third kappa shape index (κ3) is 2.52. The van der Waals surface area contributed by atoms with Crippen LogP contribution in [0.25, 0.3) is 10.9 Å². The minimum absolute atomic E-state index is 0.769. The average Bonchev–Trinajstić information content (AvgIpc) is 2.70. The predicted octanol–water partition coefficient (Wildman–Crippen LogP) is 4.01. The van der Waals surface area contributed by atoms with Crippen molar-refractivity contribution >= 4 is 10.9 Å². The molecule has 0 atom stereocenters. The number of aromatic nitrogens is 1. The normalized spacial score (nSPS) is 10.7. The summed E-state index contributed by atoms with van der Waals surface area (Å²) < 4.78 is 7.96. The second-order valence-electron chi connectivity index (χ2n) is 4.44. The molecule has 0 spiro atoms. The van der Waals surface area contributed by atoms with Crippen molar-refractivity contribution in [2.24, 2.45) is 0 Å². The molecule has 1 aromatic heterocycles. The topological polar surface area (TPSA) is 14.2 Å². The fourth-order valence-corrected chi connectivity index (χ4v) is 1.96. The van der Waals surface area contributed by atoms with Crippen LogP contribution in [0.5, 0.6) is 5.75 Å². The molecule has 0 aliphatic carbocycles. The molecule has 0 aliphatic heterocycles. The van der Waals surface area contributed by atoms with Gasteiger partial charge in [-0.25, -0.2) is 0 Å². The van der Waals surface area contributed by atoms with Crippen LogP contribution >= 0.6 is 0 Å². The van der Waals surface area contributed by atoms with Crippen LogP contribution in [0.2, 0.25) is 0 Å². The number of hydrogen-bond acceptors (Lipinski definition) is 1. The van der Waals surface area contributed by atoms with E-state index < -0.39 is 0 Å². The van der Waals surface area contributed by atoms with E-state index in [1.54, 1.807) is 0 Å². The first-order valence-corrected chi connectivity index (χ1v) is 6.07. The Balaban J connectivity index is 2.38. The highest BCUT2D eigenvalue weighted by Gasteiger charge is 2.06. The van der Waals surface area contributed by atoms with Crippen molar-refractivity contribution in [2.75, 3.05) is 6.61 Å². The van der Waals surface area contributed by atoms with Gasteiger partial charge in [0.1, 0.15) is 5.75 Å². The maximum absolute atomic E-state index is 5.75. The van der Waals surface area contributed by atoms with Crippen LogP contribution in [-0.4, -0.2) is 11.2 Å². The molecule has 0 bridgehead atoms. The van der Waals surface area contributed by atoms with Crippen molar-refractivity contribution in [3.05, 3.63) is 42.6 Å². The molecule has 0 aliphatic rings. The molecule has 2 rings (SSSR count). The molecule has 0 saturated heterocycles. The molecule has 2 heteroatoms. The Morgan fingerprint density at radius 2 is 2.18 bits per heavy atom. The highest BCUT2D eigenvalue weighted by molar-refractivity contribution is 5.86. The van der Waals surface area contributed by atoms with Crippen molar-refractivity contribution in [3.63, 3.8) is 0 Å². The summed E-state index contributed by atoms with van der Waals surface area (Å²) in [6.07, 6.45) is 3.13. The van der Waals surface area contributed by atoms with Gasteiger partial charge in [-0.05, 0) is 31.5 Å². The zero-order valence-electron chi connectivity index (χ0n) is 10.6. The molecule has 0 unspecified atom stereocenters. The summed E-state index contributed by atoms with van der Waals surface area (Å²) >= 11 is 0. The van der Waals surface area contributed by atoms with E-state index in [2.05, 4.69) is 36.4 Å². The summed E-state index contributed by atoms with van der Waals surface area (Å²) in [6, 6.07) is 8.31. The zero-order chi connectivity index (χ0) is 12.3. The molecule has 0 N–H and O–H groups in total. The standard InChI is InChI=1S/C15H19NO/c1-4-10-17-15-7-5-6-14-13(15)8-9-16(14)11-12(2)3/h5-9H,2,4,10-11H2,1,3H3. The molecule has 1 aromatic carbocycles. The Morgan fingerprint density at radius 3 is 2.88 bits per heavy atom. The fraction of sp³-hybridized carbons (Fsp3) is 0.333. The number of ether oxygens (including phenoxy) is 1. The number of benzene rings is 1. The van der Waals surface area contributed by atoms with Crippen molar-refractivity contribution in [1.29, 1.82) is 0 Å². The Kier molecular flexibility index (Phi) is 3.52. The lowest BCUT2D eigenvalue weighted by Crippen LogP contribution is -1.97. The maximum Gasteiger partial charge on any atom is 0.128 e. The Labute approximate surface area is 103 Å². The van der Waals surface area contributed by atoms with Gasteiger partial charge in [0.05, 0.1) is 12.1 Å². The first-order chi connectivity index (χ1) is 8.22. The van der Waals surface area contributed by atoms with Gasteiger partial charge in [-0.2, -0.15) is 0 Å². The van der Waals surface area contributed by atoms with Gasteiger partial charge in [0, 0.05) is 18.1 Å². The van der Waals surface area contributed by atoms with Gasteiger partial charge in [-0.15, -0.1) is 0 Å². The third-order valence-electron chi connectivity index (χ3n) is 2.68. The fourth-order valence-electron chi connectivity index (χ4n) is 1.96. The van der Waals surface area contributed by atoms with E-state index in [9.17, 15) is 0 Å². The molecule has 0 fully saturated rings. The summed E-state index contributed by atoms with van der Waals surface area (Å²) in [7, 11) is 0. The smallest absolute Gasteiger partial charge is 0.128 e. The van der Waals surface area contributed by atoms with Gasteiger partial charge >= 0.3 is 0 Å². The van der Waals surface area contributed by atoms with Crippen LogP contribution in [0.15, 0.2) is 42.6 Å². The van der Waals surface area contributed by atoms with Gasteiger partial charge in [-0.1, -0.05) is 25.1 Å². The van der Waals surface area contributed by atoms with Crippen LogP contribution in [0, 0.1) is 0 Å². The highest BCUT2D eigenvalue weighted by atomic mass is 16.5. The summed E-state index contributed by atoms with van der Waals surface area (Å²) in [6.45, 7) is 9.75. The average molecular weight is 229 g/mol. The Hall–Kier alpha value is -1.70. The molecule has 2 nitrogen and oxygen atoms in total. The molecule has 2 aromatic rings. The van der Waals surface area contributed by atoms with Crippen LogP contribution in [0.3, 0.4) is 0 Å². The third-order valence-corrected chi connectivity index (χ3v) is 2.68. The van der Waals surface area contributed by atoms with Crippen LogP contribution in [0.1, 0.15) is 20.3 Å². The van der Waals surface area contributed by atoms with Crippen LogP contribution < -0.4 is 4.74 Å². The van der Waals surface area contributed by atoms with Gasteiger partial charge in [0.25, 0.3) is 0 Å². The molecular weight excluding hydrogens is 210 g/mol. The number of hydrogen-bond donors (Lipinski definition) is 0. The highest BCUT2D eigenvalue weighted by Crippen LogP contribution is 2.27. The Morgan fingerprint density at radius 1 is 1.35 bits per heavy atom. The van der Waals surface area contributed by atoms with Crippen LogP contribution in [-0.2, 0) is 6.54 Å². The van der Waals surface area contributed by atoms with Crippen molar-refractivity contribution < 1.29 is 4.74 Å². The lowest BCUT2D eigenvalue weighted by molar-refractivity contribution is 0.321. The minimum atomic E-state index is 0.769. The number of fused-ring (bicyclic) bond motifs is 1. The lowest BCUT2D eigenvalue weighted by atomic mass is 10.2. The van der Waals surface area contributed by atoms with E-state index in [1.165, 1.54) is 10.9 Å². The minimum Gasteiger partial charge on any atom is -0.493 e. The number of rotatable bonds is 5. The monoisotopic (exact) mass is 229 g/mol. The van der Waals surface area contributed by atoms with E-state index in [0.717, 1.165) is 30.9 Å². The second-order valence-corrected chi connectivity index (χ2v) is 4.44. The van der Waals surface area contributed by atoms with Gasteiger partial charge in [0.15, 0.2) is 0 Å². The lowest BCUT2D eigenvalue weighted by Gasteiger charge is -2.08. The summed E-state index contributed by atoms with van der Waals surface area (Å²) in [5.74, 6) is 0.977. The van der Waals surface area contributed by atoms with Crippen molar-refractivity contribution in [3.8, 4) is 5.75 Å². The van der Waals surface area contributed by atoms with E-state index in [-0.39, 0.29) is 0 Å². The van der Waals surface area contributed by atoms with E-state index in [4.69, 9.17) is 4.74 Å². The molecular formula is C15H19NO. The first kappa shape index (κ1) is 11.8. The summed E-state index contributed by atoms with van der Waals surface area (Å²) in [5, 5.41) is 1.18. The zero-order valence-corrected chi connectivity index (χ0v) is 10.6. The van der Waals surface area contributed by atoms with Crippen LogP contribution in [0.4, 0.5) is 0 Å². The quantitative estimate of drug-likeness (QED) is 0.707. The summed E-state index contributed by atoms with van der Waals surface area (Å²) in [5.41, 5.74) is 2.36. The predicted molar refractivity (Wildman–Crippen MR) is 72.5 cm³/mol.